The van der Waals surface area contributed by atoms with E-state index in [0.717, 1.165) is 22.7 Å². The molecule has 1 aromatic heterocycles. The summed E-state index contributed by atoms with van der Waals surface area (Å²) in [6.45, 7) is 2.26. The molecule has 3 heteroatoms. The molecule has 2 aromatic rings. The normalized spacial score (nSPS) is 19.1. The van der Waals surface area contributed by atoms with E-state index < -0.39 is 0 Å². The minimum absolute atomic E-state index is 0.569. The Kier molecular flexibility index (Phi) is 2.67. The SMILES string of the molecule is C[C@H]1CCCc2nc(-c3cccc(Cl)c3)cn21. The smallest absolute Gasteiger partial charge is 0.109 e. The summed E-state index contributed by atoms with van der Waals surface area (Å²) < 4.78 is 2.31. The number of hydrogen-bond acceptors (Lipinski definition) is 1. The molecule has 0 unspecified atom stereocenters. The molecule has 0 bridgehead atoms. The van der Waals surface area contributed by atoms with Crippen LogP contribution in [0.15, 0.2) is 30.5 Å². The molecular formula is C14H15ClN2. The Hall–Kier alpha value is -1.28. The fourth-order valence-corrected chi connectivity index (χ4v) is 2.67. The molecule has 0 spiro atoms. The molecule has 3 rings (SSSR count). The molecule has 1 atom stereocenters. The predicted octanol–water partition coefficient (Wildman–Crippen LogP) is 4.10. The van der Waals surface area contributed by atoms with E-state index in [-0.39, 0.29) is 0 Å². The van der Waals surface area contributed by atoms with Crippen molar-refractivity contribution in [2.75, 3.05) is 0 Å². The molecule has 1 aliphatic rings. The van der Waals surface area contributed by atoms with E-state index >= 15 is 0 Å². The van der Waals surface area contributed by atoms with Crippen molar-refractivity contribution in [2.45, 2.75) is 32.2 Å². The van der Waals surface area contributed by atoms with Gasteiger partial charge in [-0.05, 0) is 31.9 Å². The van der Waals surface area contributed by atoms with Gasteiger partial charge in [0.15, 0.2) is 0 Å². The molecule has 0 saturated heterocycles. The zero-order valence-electron chi connectivity index (χ0n) is 9.86. The average molecular weight is 247 g/mol. The van der Waals surface area contributed by atoms with Gasteiger partial charge in [-0.3, -0.25) is 0 Å². The highest BCUT2D eigenvalue weighted by Gasteiger charge is 2.18. The molecule has 17 heavy (non-hydrogen) atoms. The highest BCUT2D eigenvalue weighted by molar-refractivity contribution is 6.30. The van der Waals surface area contributed by atoms with Crippen LogP contribution in [-0.4, -0.2) is 9.55 Å². The molecule has 0 aliphatic carbocycles. The number of nitrogens with zero attached hydrogens (tertiary/aromatic N) is 2. The van der Waals surface area contributed by atoms with Crippen LogP contribution in [0.2, 0.25) is 5.02 Å². The lowest BCUT2D eigenvalue weighted by Crippen LogP contribution is -2.14. The number of imidazole rings is 1. The maximum Gasteiger partial charge on any atom is 0.109 e. The van der Waals surface area contributed by atoms with Gasteiger partial charge < -0.3 is 4.57 Å². The Labute approximate surface area is 106 Å². The first-order chi connectivity index (χ1) is 8.24. The van der Waals surface area contributed by atoms with Crippen LogP contribution in [0.25, 0.3) is 11.3 Å². The lowest BCUT2D eigenvalue weighted by atomic mass is 10.1. The first-order valence-corrected chi connectivity index (χ1v) is 6.45. The molecule has 1 aromatic carbocycles. The van der Waals surface area contributed by atoms with E-state index in [1.807, 2.05) is 18.2 Å². The standard InChI is InChI=1S/C14H15ClN2/c1-10-4-2-7-14-16-13(9-17(10)14)11-5-3-6-12(15)8-11/h3,5-6,8-10H,2,4,7H2,1H3/t10-/m0/s1. The maximum atomic E-state index is 6.02. The van der Waals surface area contributed by atoms with Gasteiger partial charge in [0.05, 0.1) is 5.69 Å². The maximum absolute atomic E-state index is 6.02. The minimum atomic E-state index is 0.569. The second kappa shape index (κ2) is 4.19. The zero-order chi connectivity index (χ0) is 11.8. The van der Waals surface area contributed by atoms with Gasteiger partial charge in [-0.15, -0.1) is 0 Å². The zero-order valence-corrected chi connectivity index (χ0v) is 10.6. The van der Waals surface area contributed by atoms with Crippen molar-refractivity contribution in [3.8, 4) is 11.3 Å². The van der Waals surface area contributed by atoms with Crippen LogP contribution >= 0.6 is 11.6 Å². The van der Waals surface area contributed by atoms with Gasteiger partial charge in [-0.2, -0.15) is 0 Å². The number of benzene rings is 1. The minimum Gasteiger partial charge on any atom is -0.331 e. The third-order valence-corrected chi connectivity index (χ3v) is 3.66. The van der Waals surface area contributed by atoms with Gasteiger partial charge in [0, 0.05) is 29.2 Å². The third kappa shape index (κ3) is 1.98. The summed E-state index contributed by atoms with van der Waals surface area (Å²) in [5.41, 5.74) is 2.14. The van der Waals surface area contributed by atoms with Crippen molar-refractivity contribution < 1.29 is 0 Å². The van der Waals surface area contributed by atoms with E-state index in [9.17, 15) is 0 Å². The van der Waals surface area contributed by atoms with E-state index in [2.05, 4.69) is 23.8 Å². The number of aryl methyl sites for hydroxylation is 1. The largest absolute Gasteiger partial charge is 0.331 e. The van der Waals surface area contributed by atoms with Crippen molar-refractivity contribution in [3.05, 3.63) is 41.3 Å². The lowest BCUT2D eigenvalue weighted by Gasteiger charge is -2.20. The van der Waals surface area contributed by atoms with Crippen molar-refractivity contribution in [2.24, 2.45) is 0 Å². The number of hydrogen-bond donors (Lipinski definition) is 0. The van der Waals surface area contributed by atoms with Gasteiger partial charge in [0.1, 0.15) is 5.82 Å². The Bertz CT molecular complexity index is 545. The van der Waals surface area contributed by atoms with Crippen LogP contribution in [0.1, 0.15) is 31.6 Å². The van der Waals surface area contributed by atoms with Crippen LogP contribution in [0, 0.1) is 0 Å². The summed E-state index contributed by atoms with van der Waals surface area (Å²) >= 11 is 6.02. The highest BCUT2D eigenvalue weighted by Crippen LogP contribution is 2.28. The number of fused-ring (bicyclic) bond motifs is 1. The number of rotatable bonds is 1. The Morgan fingerprint density at radius 2 is 2.29 bits per heavy atom. The van der Waals surface area contributed by atoms with E-state index in [1.54, 1.807) is 0 Å². The third-order valence-electron chi connectivity index (χ3n) is 3.43. The van der Waals surface area contributed by atoms with Crippen LogP contribution in [-0.2, 0) is 6.42 Å². The molecule has 0 saturated carbocycles. The fourth-order valence-electron chi connectivity index (χ4n) is 2.48. The van der Waals surface area contributed by atoms with Gasteiger partial charge in [-0.1, -0.05) is 23.7 Å². The molecule has 1 aliphatic heterocycles. The first kappa shape index (κ1) is 10.8. The summed E-state index contributed by atoms with van der Waals surface area (Å²) in [6, 6.07) is 8.47. The number of halogens is 1. The first-order valence-electron chi connectivity index (χ1n) is 6.08. The molecule has 2 heterocycles. The Morgan fingerprint density at radius 1 is 1.41 bits per heavy atom. The molecule has 0 amide bonds. The lowest BCUT2D eigenvalue weighted by molar-refractivity contribution is 0.426. The van der Waals surface area contributed by atoms with Crippen LogP contribution in [0.4, 0.5) is 0 Å². The summed E-state index contributed by atoms with van der Waals surface area (Å²) in [5, 5.41) is 0.765. The van der Waals surface area contributed by atoms with Crippen LogP contribution in [0.5, 0.6) is 0 Å². The quantitative estimate of drug-likeness (QED) is 0.741. The van der Waals surface area contributed by atoms with Gasteiger partial charge in [-0.25, -0.2) is 4.98 Å². The van der Waals surface area contributed by atoms with Gasteiger partial charge in [0.25, 0.3) is 0 Å². The second-order valence-corrected chi connectivity index (χ2v) is 5.14. The molecule has 0 radical (unpaired) electrons. The molecule has 0 fully saturated rings. The average Bonchev–Trinajstić information content (AvgIpc) is 2.74. The summed E-state index contributed by atoms with van der Waals surface area (Å²) in [7, 11) is 0. The van der Waals surface area contributed by atoms with E-state index in [1.165, 1.54) is 18.7 Å². The van der Waals surface area contributed by atoms with Crippen molar-refractivity contribution in [1.29, 1.82) is 0 Å². The molecule has 0 N–H and O–H groups in total. The summed E-state index contributed by atoms with van der Waals surface area (Å²) in [4.78, 5) is 4.72. The van der Waals surface area contributed by atoms with Crippen molar-refractivity contribution in [3.63, 3.8) is 0 Å². The van der Waals surface area contributed by atoms with E-state index in [0.29, 0.717) is 6.04 Å². The topological polar surface area (TPSA) is 17.8 Å². The summed E-state index contributed by atoms with van der Waals surface area (Å²) in [6.07, 6.45) is 5.74. The van der Waals surface area contributed by atoms with Gasteiger partial charge >= 0.3 is 0 Å². The Balaban J connectivity index is 2.05. The molecule has 88 valence electrons. The van der Waals surface area contributed by atoms with Crippen molar-refractivity contribution >= 4 is 11.6 Å². The van der Waals surface area contributed by atoms with Gasteiger partial charge in [0.2, 0.25) is 0 Å². The monoisotopic (exact) mass is 246 g/mol. The highest BCUT2D eigenvalue weighted by atomic mass is 35.5. The summed E-state index contributed by atoms with van der Waals surface area (Å²) in [5.74, 6) is 1.21. The van der Waals surface area contributed by atoms with Crippen molar-refractivity contribution in [1.82, 2.24) is 9.55 Å². The molecular weight excluding hydrogens is 232 g/mol. The predicted molar refractivity (Wildman–Crippen MR) is 70.3 cm³/mol. The van der Waals surface area contributed by atoms with E-state index in [4.69, 9.17) is 16.6 Å². The molecule has 2 nitrogen and oxygen atoms in total. The fraction of sp³-hybridized carbons (Fsp3) is 0.357. The number of aromatic nitrogens is 2. The van der Waals surface area contributed by atoms with Crippen LogP contribution < -0.4 is 0 Å². The Morgan fingerprint density at radius 3 is 3.06 bits per heavy atom. The second-order valence-electron chi connectivity index (χ2n) is 4.70. The van der Waals surface area contributed by atoms with Crippen LogP contribution in [0.3, 0.4) is 0 Å².